The predicted octanol–water partition coefficient (Wildman–Crippen LogP) is 4.78. The van der Waals surface area contributed by atoms with Crippen LogP contribution in [0, 0.1) is 11.3 Å². The van der Waals surface area contributed by atoms with Crippen LogP contribution in [0.5, 0.6) is 5.75 Å². The molecule has 0 spiro atoms. The highest BCUT2D eigenvalue weighted by atomic mass is 35.5. The number of hydrogen-bond donors (Lipinski definition) is 2. The molecule has 0 aliphatic carbocycles. The molecule has 2 aromatic carbocycles. The summed E-state index contributed by atoms with van der Waals surface area (Å²) in [7, 11) is 1.58. The van der Waals surface area contributed by atoms with E-state index in [4.69, 9.17) is 16.3 Å². The summed E-state index contributed by atoms with van der Waals surface area (Å²) in [5.41, 5.74) is 3.19. The number of hydrogen-bond acceptors (Lipinski definition) is 7. The lowest BCUT2D eigenvalue weighted by Crippen LogP contribution is -2.06. The zero-order valence-corrected chi connectivity index (χ0v) is 17.5. The van der Waals surface area contributed by atoms with Crippen molar-refractivity contribution in [3.8, 4) is 11.8 Å². The molecule has 7 nitrogen and oxygen atoms in total. The number of halogens is 1. The van der Waals surface area contributed by atoms with Crippen LogP contribution in [0.25, 0.3) is 10.8 Å². The van der Waals surface area contributed by atoms with Gasteiger partial charge >= 0.3 is 0 Å². The maximum atomic E-state index is 9.51. The molecule has 0 bridgehead atoms. The van der Waals surface area contributed by atoms with Gasteiger partial charge < -0.3 is 15.4 Å². The molecule has 0 amide bonds. The van der Waals surface area contributed by atoms with E-state index in [1.807, 2.05) is 36.4 Å². The Labute approximate surface area is 184 Å². The largest absolute Gasteiger partial charge is 0.495 e. The van der Waals surface area contributed by atoms with E-state index in [2.05, 4.69) is 31.9 Å². The first-order chi connectivity index (χ1) is 15.2. The van der Waals surface area contributed by atoms with Crippen LogP contribution in [0.3, 0.4) is 0 Å². The van der Waals surface area contributed by atoms with Crippen LogP contribution >= 0.6 is 11.6 Å². The maximum Gasteiger partial charge on any atom is 0.156 e. The summed E-state index contributed by atoms with van der Waals surface area (Å²) in [5.74, 6) is 1.21. The first-order valence-electron chi connectivity index (χ1n) is 9.57. The molecule has 8 heteroatoms. The van der Waals surface area contributed by atoms with E-state index in [9.17, 15) is 5.26 Å². The van der Waals surface area contributed by atoms with Gasteiger partial charge in [0, 0.05) is 29.2 Å². The Bertz CT molecular complexity index is 1260. The number of anilines is 2. The zero-order chi connectivity index (χ0) is 21.6. The molecule has 0 saturated heterocycles. The van der Waals surface area contributed by atoms with Gasteiger partial charge in [-0.1, -0.05) is 23.7 Å². The van der Waals surface area contributed by atoms with Gasteiger partial charge in [-0.25, -0.2) is 0 Å². The molecule has 2 aromatic heterocycles. The quantitative estimate of drug-likeness (QED) is 0.435. The van der Waals surface area contributed by atoms with Crippen molar-refractivity contribution in [2.45, 2.75) is 13.1 Å². The Balaban J connectivity index is 1.62. The molecule has 4 rings (SSSR count). The fraction of sp³-hybridized carbons (Fsp3) is 0.130. The summed E-state index contributed by atoms with van der Waals surface area (Å²) >= 11 is 6.22. The Kier molecular flexibility index (Phi) is 6.11. The summed E-state index contributed by atoms with van der Waals surface area (Å²) in [5, 5.41) is 26.8. The average molecular weight is 431 g/mol. The minimum atomic E-state index is 0.491. The lowest BCUT2D eigenvalue weighted by Gasteiger charge is -2.13. The highest BCUT2D eigenvalue weighted by Gasteiger charge is 2.11. The molecule has 31 heavy (non-hydrogen) atoms. The number of rotatable bonds is 7. The van der Waals surface area contributed by atoms with Crippen LogP contribution in [-0.4, -0.2) is 22.3 Å². The first kappa shape index (κ1) is 20.4. The third-order valence-electron chi connectivity index (χ3n) is 4.77. The van der Waals surface area contributed by atoms with Crippen LogP contribution in [0.2, 0.25) is 5.02 Å². The number of aromatic nitrogens is 3. The molecule has 0 fully saturated rings. The number of fused-ring (bicyclic) bond motifs is 1. The molecule has 0 atom stereocenters. The number of nitrogens with one attached hydrogen (secondary N) is 2. The maximum absolute atomic E-state index is 9.51. The van der Waals surface area contributed by atoms with Gasteiger partial charge in [-0.05, 0) is 42.0 Å². The number of nitrogens with zero attached hydrogens (tertiary/aromatic N) is 4. The number of ether oxygens (including phenoxy) is 1. The highest BCUT2D eigenvalue weighted by molar-refractivity contribution is 6.32. The average Bonchev–Trinajstić information content (AvgIpc) is 2.81. The molecule has 0 saturated carbocycles. The summed E-state index contributed by atoms with van der Waals surface area (Å²) in [6.07, 6.45) is 3.44. The molecular weight excluding hydrogens is 412 g/mol. The molecule has 2 N–H and O–H groups in total. The third kappa shape index (κ3) is 4.65. The van der Waals surface area contributed by atoms with Gasteiger partial charge in [0.15, 0.2) is 5.82 Å². The molecule has 0 radical (unpaired) electrons. The second-order valence-electron chi connectivity index (χ2n) is 6.79. The monoisotopic (exact) mass is 430 g/mol. The minimum absolute atomic E-state index is 0.491. The summed E-state index contributed by atoms with van der Waals surface area (Å²) in [6, 6.07) is 17.2. The van der Waals surface area contributed by atoms with E-state index in [1.54, 1.807) is 31.6 Å². The number of methoxy groups -OCH3 is 1. The Morgan fingerprint density at radius 2 is 1.97 bits per heavy atom. The van der Waals surface area contributed by atoms with Crippen LogP contribution in [0.4, 0.5) is 11.5 Å². The second-order valence-corrected chi connectivity index (χ2v) is 7.19. The van der Waals surface area contributed by atoms with E-state index in [1.165, 1.54) is 0 Å². The van der Waals surface area contributed by atoms with Crippen molar-refractivity contribution in [1.82, 2.24) is 15.2 Å². The summed E-state index contributed by atoms with van der Waals surface area (Å²) in [4.78, 5) is 4.33. The van der Waals surface area contributed by atoms with Crippen LogP contribution in [0.1, 0.15) is 16.8 Å². The summed E-state index contributed by atoms with van der Waals surface area (Å²) < 4.78 is 5.20. The molecular formula is C23H19ClN6O. The van der Waals surface area contributed by atoms with E-state index < -0.39 is 0 Å². The van der Waals surface area contributed by atoms with Crippen molar-refractivity contribution in [2.75, 3.05) is 17.7 Å². The molecule has 4 aromatic rings. The Morgan fingerprint density at radius 1 is 1.06 bits per heavy atom. The molecule has 0 unspecified atom stereocenters. The minimum Gasteiger partial charge on any atom is -0.495 e. The smallest absolute Gasteiger partial charge is 0.156 e. The predicted molar refractivity (Wildman–Crippen MR) is 121 cm³/mol. The van der Waals surface area contributed by atoms with Gasteiger partial charge in [0.05, 0.1) is 42.2 Å². The Morgan fingerprint density at radius 3 is 2.71 bits per heavy atom. The van der Waals surface area contributed by atoms with Gasteiger partial charge in [0.25, 0.3) is 0 Å². The van der Waals surface area contributed by atoms with E-state index in [0.717, 1.165) is 27.7 Å². The van der Waals surface area contributed by atoms with Gasteiger partial charge in [0.1, 0.15) is 5.75 Å². The van der Waals surface area contributed by atoms with Crippen molar-refractivity contribution in [2.24, 2.45) is 0 Å². The van der Waals surface area contributed by atoms with Crippen molar-refractivity contribution in [3.05, 3.63) is 82.8 Å². The van der Waals surface area contributed by atoms with Crippen LogP contribution in [0.15, 0.2) is 60.9 Å². The lowest BCUT2D eigenvalue weighted by atomic mass is 10.1. The molecule has 2 heterocycles. The second kappa shape index (κ2) is 9.28. The van der Waals surface area contributed by atoms with Crippen molar-refractivity contribution < 1.29 is 4.74 Å². The molecule has 0 aliphatic rings. The van der Waals surface area contributed by atoms with Crippen molar-refractivity contribution in [3.63, 3.8) is 0 Å². The lowest BCUT2D eigenvalue weighted by molar-refractivity contribution is 0.415. The fourth-order valence-electron chi connectivity index (χ4n) is 3.22. The highest BCUT2D eigenvalue weighted by Crippen LogP contribution is 2.30. The standard InChI is InChI=1S/C23H19ClN6O/c1-31-22-6-5-15(9-20(22)24)12-28-23-18-8-16(11-25)10-21(19(18)14-29-30-23)27-13-17-4-2-3-7-26-17/h2-10,14,27H,12-13H2,1H3,(H,28,30). The number of nitriles is 1. The topological polar surface area (TPSA) is 95.8 Å². The van der Waals surface area contributed by atoms with E-state index >= 15 is 0 Å². The first-order valence-corrected chi connectivity index (χ1v) is 9.95. The molecule has 154 valence electrons. The van der Waals surface area contributed by atoms with E-state index in [-0.39, 0.29) is 0 Å². The SMILES string of the molecule is COc1ccc(CNc2nncc3c(NCc4ccccn4)cc(C#N)cc23)cc1Cl. The summed E-state index contributed by atoms with van der Waals surface area (Å²) in [6.45, 7) is 1.02. The van der Waals surface area contributed by atoms with E-state index in [0.29, 0.717) is 35.2 Å². The number of pyridine rings is 1. The van der Waals surface area contributed by atoms with Gasteiger partial charge in [-0.2, -0.15) is 10.4 Å². The number of benzene rings is 2. The van der Waals surface area contributed by atoms with Gasteiger partial charge in [0.2, 0.25) is 0 Å². The third-order valence-corrected chi connectivity index (χ3v) is 5.07. The fourth-order valence-corrected chi connectivity index (χ4v) is 3.50. The molecule has 0 aliphatic heterocycles. The van der Waals surface area contributed by atoms with Crippen LogP contribution in [-0.2, 0) is 13.1 Å². The normalized spacial score (nSPS) is 10.5. The van der Waals surface area contributed by atoms with Crippen molar-refractivity contribution in [1.29, 1.82) is 5.26 Å². The van der Waals surface area contributed by atoms with Crippen molar-refractivity contribution >= 4 is 33.9 Å². The van der Waals surface area contributed by atoms with Gasteiger partial charge in [-0.15, -0.1) is 5.10 Å². The van der Waals surface area contributed by atoms with Crippen LogP contribution < -0.4 is 15.4 Å². The zero-order valence-electron chi connectivity index (χ0n) is 16.8. The Hall–Kier alpha value is -3.89. The van der Waals surface area contributed by atoms with Gasteiger partial charge in [-0.3, -0.25) is 4.98 Å².